The molecule has 0 aliphatic carbocycles. The Hall–Kier alpha value is -0.630. The molecule has 0 aliphatic rings. The summed E-state index contributed by atoms with van der Waals surface area (Å²) in [6.45, 7) is 6.24. The number of aryl methyl sites for hydroxylation is 1. The summed E-state index contributed by atoms with van der Waals surface area (Å²) in [6.07, 6.45) is 3.45. The van der Waals surface area contributed by atoms with Gasteiger partial charge in [0.2, 0.25) is 0 Å². The molecule has 0 saturated carbocycles. The van der Waals surface area contributed by atoms with E-state index < -0.39 is 0 Å². The molecule has 0 aromatic heterocycles. The first kappa shape index (κ1) is 14.4. The van der Waals surface area contributed by atoms with Gasteiger partial charge in [-0.05, 0) is 42.9 Å². The summed E-state index contributed by atoms with van der Waals surface area (Å²) in [5, 5.41) is 0. The smallest absolute Gasteiger partial charge is 0.132 e. The molecule has 1 nitrogen and oxygen atoms in total. The minimum absolute atomic E-state index is 0.372. The van der Waals surface area contributed by atoms with Crippen LogP contribution >= 0.6 is 15.9 Å². The highest BCUT2D eigenvalue weighted by molar-refractivity contribution is 9.10. The summed E-state index contributed by atoms with van der Waals surface area (Å²) in [4.78, 5) is 11.4. The fourth-order valence-electron chi connectivity index (χ4n) is 2.04. The molecule has 1 aromatic carbocycles. The van der Waals surface area contributed by atoms with Crippen molar-refractivity contribution < 1.29 is 4.79 Å². The van der Waals surface area contributed by atoms with Gasteiger partial charge in [-0.2, -0.15) is 0 Å². The Kier molecular flexibility index (Phi) is 5.90. The van der Waals surface area contributed by atoms with Crippen LogP contribution in [-0.2, 0) is 4.79 Å². The molecule has 0 heterocycles. The first-order chi connectivity index (χ1) is 8.08. The molecule has 1 aromatic rings. The van der Waals surface area contributed by atoms with Crippen molar-refractivity contribution >= 4 is 21.7 Å². The Labute approximate surface area is 113 Å². The van der Waals surface area contributed by atoms with Gasteiger partial charge in [-0.15, -0.1) is 0 Å². The SMILES string of the molecule is CCC(=O)CCC(CC)c1ccc(Br)c(C)c1. The number of benzene rings is 1. The second-order valence-corrected chi connectivity index (χ2v) is 5.40. The molecule has 2 heteroatoms. The molecule has 1 atom stereocenters. The Bertz CT molecular complexity index is 385. The molecule has 0 radical (unpaired) electrons. The van der Waals surface area contributed by atoms with Crippen molar-refractivity contribution in [3.8, 4) is 0 Å². The Morgan fingerprint density at radius 2 is 2.06 bits per heavy atom. The normalized spacial score (nSPS) is 12.5. The average molecular weight is 297 g/mol. The second kappa shape index (κ2) is 6.95. The lowest BCUT2D eigenvalue weighted by Gasteiger charge is -2.16. The predicted molar refractivity (Wildman–Crippen MR) is 76.4 cm³/mol. The molecule has 0 N–H and O–H groups in total. The average Bonchev–Trinajstić information content (AvgIpc) is 2.33. The first-order valence-electron chi connectivity index (χ1n) is 6.36. The molecule has 0 spiro atoms. The number of hydrogen-bond acceptors (Lipinski definition) is 1. The van der Waals surface area contributed by atoms with Crippen LogP contribution in [-0.4, -0.2) is 5.78 Å². The molecule has 0 bridgehead atoms. The van der Waals surface area contributed by atoms with E-state index in [9.17, 15) is 4.79 Å². The third kappa shape index (κ3) is 4.27. The van der Waals surface area contributed by atoms with E-state index in [2.05, 4.69) is 48.0 Å². The summed E-state index contributed by atoms with van der Waals surface area (Å²) >= 11 is 3.52. The molecule has 0 saturated heterocycles. The maximum Gasteiger partial charge on any atom is 0.132 e. The molecule has 0 amide bonds. The lowest BCUT2D eigenvalue weighted by molar-refractivity contribution is -0.118. The molecule has 1 unspecified atom stereocenters. The highest BCUT2D eigenvalue weighted by Crippen LogP contribution is 2.28. The van der Waals surface area contributed by atoms with E-state index in [1.165, 1.54) is 11.1 Å². The summed E-state index contributed by atoms with van der Waals surface area (Å²) in [5.74, 6) is 0.884. The Morgan fingerprint density at radius 3 is 2.59 bits per heavy atom. The van der Waals surface area contributed by atoms with Crippen molar-refractivity contribution in [2.75, 3.05) is 0 Å². The number of halogens is 1. The van der Waals surface area contributed by atoms with E-state index >= 15 is 0 Å². The van der Waals surface area contributed by atoms with Gasteiger partial charge in [-0.25, -0.2) is 0 Å². The zero-order valence-electron chi connectivity index (χ0n) is 10.9. The third-order valence-corrected chi connectivity index (χ3v) is 4.20. The number of carbonyl (C=O) groups excluding carboxylic acids is 1. The second-order valence-electron chi connectivity index (χ2n) is 4.54. The summed E-state index contributed by atoms with van der Waals surface area (Å²) in [6, 6.07) is 6.51. The van der Waals surface area contributed by atoms with Gasteiger partial charge in [-0.1, -0.05) is 41.9 Å². The van der Waals surface area contributed by atoms with Crippen LogP contribution in [0.25, 0.3) is 0 Å². The number of Topliss-reactive ketones (excluding diaryl/α,β-unsaturated/α-hetero) is 1. The van der Waals surface area contributed by atoms with Crippen LogP contribution in [0.3, 0.4) is 0 Å². The van der Waals surface area contributed by atoms with E-state index in [4.69, 9.17) is 0 Å². The van der Waals surface area contributed by atoms with Crippen LogP contribution in [0, 0.1) is 6.92 Å². The van der Waals surface area contributed by atoms with Crippen molar-refractivity contribution in [1.29, 1.82) is 0 Å². The molecular formula is C15H21BrO. The van der Waals surface area contributed by atoms with Crippen LogP contribution in [0.4, 0.5) is 0 Å². The summed E-state index contributed by atoms with van der Waals surface area (Å²) in [5.41, 5.74) is 2.62. The van der Waals surface area contributed by atoms with Crippen LogP contribution < -0.4 is 0 Å². The van der Waals surface area contributed by atoms with Crippen molar-refractivity contribution in [2.45, 2.75) is 52.4 Å². The number of carbonyl (C=O) groups is 1. The van der Waals surface area contributed by atoms with Gasteiger partial charge in [0.1, 0.15) is 5.78 Å². The van der Waals surface area contributed by atoms with Crippen molar-refractivity contribution in [1.82, 2.24) is 0 Å². The predicted octanol–water partition coefficient (Wildman–Crippen LogP) is 5.01. The number of hydrogen-bond donors (Lipinski definition) is 0. The molecule has 1 rings (SSSR count). The topological polar surface area (TPSA) is 17.1 Å². The minimum atomic E-state index is 0.372. The largest absolute Gasteiger partial charge is 0.300 e. The van der Waals surface area contributed by atoms with E-state index in [0.717, 1.165) is 17.3 Å². The highest BCUT2D eigenvalue weighted by atomic mass is 79.9. The fourth-order valence-corrected chi connectivity index (χ4v) is 2.29. The fraction of sp³-hybridized carbons (Fsp3) is 0.533. The Balaban J connectivity index is 2.72. The van der Waals surface area contributed by atoms with Gasteiger partial charge in [0.05, 0.1) is 0 Å². The van der Waals surface area contributed by atoms with E-state index in [1.807, 2.05) is 6.92 Å². The lowest BCUT2D eigenvalue weighted by Crippen LogP contribution is -2.03. The quantitative estimate of drug-likeness (QED) is 0.721. The third-order valence-electron chi connectivity index (χ3n) is 3.31. The minimum Gasteiger partial charge on any atom is -0.300 e. The maximum absolute atomic E-state index is 11.4. The number of rotatable bonds is 6. The van der Waals surface area contributed by atoms with Gasteiger partial charge in [0.15, 0.2) is 0 Å². The lowest BCUT2D eigenvalue weighted by atomic mass is 9.90. The standard InChI is InChI=1S/C15H21BrO/c1-4-12(6-8-14(17)5-2)13-7-9-15(16)11(3)10-13/h7,9-10,12H,4-6,8H2,1-3H3. The molecular weight excluding hydrogens is 276 g/mol. The summed E-state index contributed by atoms with van der Waals surface area (Å²) in [7, 11) is 0. The molecule has 17 heavy (non-hydrogen) atoms. The van der Waals surface area contributed by atoms with Crippen molar-refractivity contribution in [3.63, 3.8) is 0 Å². The van der Waals surface area contributed by atoms with Crippen molar-refractivity contribution in [3.05, 3.63) is 33.8 Å². The van der Waals surface area contributed by atoms with Gasteiger partial charge in [0, 0.05) is 17.3 Å². The van der Waals surface area contributed by atoms with Crippen molar-refractivity contribution in [2.24, 2.45) is 0 Å². The van der Waals surface area contributed by atoms with E-state index in [-0.39, 0.29) is 0 Å². The maximum atomic E-state index is 11.4. The van der Waals surface area contributed by atoms with Gasteiger partial charge in [-0.3, -0.25) is 4.79 Å². The van der Waals surface area contributed by atoms with Crippen LogP contribution in [0.1, 0.15) is 56.6 Å². The Morgan fingerprint density at radius 1 is 1.35 bits per heavy atom. The zero-order chi connectivity index (χ0) is 12.8. The van der Waals surface area contributed by atoms with Crippen LogP contribution in [0.15, 0.2) is 22.7 Å². The first-order valence-corrected chi connectivity index (χ1v) is 7.15. The number of ketones is 1. The van der Waals surface area contributed by atoms with Crippen LogP contribution in [0.5, 0.6) is 0 Å². The van der Waals surface area contributed by atoms with Crippen LogP contribution in [0.2, 0.25) is 0 Å². The molecule has 94 valence electrons. The summed E-state index contributed by atoms with van der Waals surface area (Å²) < 4.78 is 1.15. The van der Waals surface area contributed by atoms with Gasteiger partial charge >= 0.3 is 0 Å². The van der Waals surface area contributed by atoms with Gasteiger partial charge < -0.3 is 0 Å². The highest BCUT2D eigenvalue weighted by Gasteiger charge is 2.12. The van der Waals surface area contributed by atoms with E-state index in [0.29, 0.717) is 24.5 Å². The zero-order valence-corrected chi connectivity index (χ0v) is 12.5. The monoisotopic (exact) mass is 296 g/mol. The molecule has 0 aliphatic heterocycles. The molecule has 0 fully saturated rings. The van der Waals surface area contributed by atoms with E-state index in [1.54, 1.807) is 0 Å². The van der Waals surface area contributed by atoms with Gasteiger partial charge in [0.25, 0.3) is 0 Å².